The van der Waals surface area contributed by atoms with Crippen molar-refractivity contribution >= 4 is 43.3 Å². The van der Waals surface area contributed by atoms with E-state index in [9.17, 15) is 44.4 Å². The minimum Gasteiger partial charge on any atom is -0.779 e. The predicted molar refractivity (Wildman–Crippen MR) is 138 cm³/mol. The molecule has 0 radical (unpaired) electrons. The summed E-state index contributed by atoms with van der Waals surface area (Å²) in [4.78, 5) is 61.9. The number of ether oxygens (including phenoxy) is 2. The molecule has 5 heterocycles. The van der Waals surface area contributed by atoms with Gasteiger partial charge >= 0.3 is 5.69 Å². The SMILES string of the molecule is Nc1ncnc2c1ncn2[C@@H]1O[C@H](COP(=O)([O-])OP([O-])(=S)OC[C@H]2O[C@@H](n3ccc(=O)[nH]c3=O)[C@H](O)[C@@H]2O)[C@@H](O)[C@H]1O. The third-order valence-corrected chi connectivity index (χ3v) is 9.90. The molecular weight excluding hydrogens is 644 g/mol. The van der Waals surface area contributed by atoms with E-state index >= 15 is 0 Å². The first-order valence-electron chi connectivity index (χ1n) is 12.1. The molecule has 3 aromatic rings. The molecular formula is C19H23N7O14P2S-2. The molecule has 2 aliphatic heterocycles. The highest BCUT2D eigenvalue weighted by Gasteiger charge is 2.46. The Morgan fingerprint density at radius 3 is 2.21 bits per heavy atom. The first kappa shape index (κ1) is 31.9. The van der Waals surface area contributed by atoms with Gasteiger partial charge in [0.2, 0.25) is 0 Å². The second kappa shape index (κ2) is 12.1. The zero-order valence-electron chi connectivity index (χ0n) is 21.3. The van der Waals surface area contributed by atoms with Crippen LogP contribution in [0.3, 0.4) is 0 Å². The number of aliphatic hydroxyl groups is 4. The molecule has 0 aliphatic carbocycles. The number of nitrogen functional groups attached to an aromatic ring is 1. The lowest BCUT2D eigenvalue weighted by Crippen LogP contribution is -2.37. The van der Waals surface area contributed by atoms with Crippen molar-refractivity contribution in [1.29, 1.82) is 0 Å². The van der Waals surface area contributed by atoms with E-state index < -0.39 is 88.1 Å². The van der Waals surface area contributed by atoms with Gasteiger partial charge in [0.1, 0.15) is 55.2 Å². The third-order valence-electron chi connectivity index (χ3n) is 6.45. The van der Waals surface area contributed by atoms with Gasteiger partial charge in [-0.15, -0.1) is 0 Å². The van der Waals surface area contributed by atoms with Crippen molar-refractivity contribution in [3.05, 3.63) is 45.8 Å². The highest BCUT2D eigenvalue weighted by molar-refractivity contribution is 8.07. The molecule has 7 N–H and O–H groups in total. The fourth-order valence-corrected chi connectivity index (χ4v) is 7.31. The largest absolute Gasteiger partial charge is 0.779 e. The zero-order chi connectivity index (χ0) is 31.3. The third kappa shape index (κ3) is 6.62. The Labute approximate surface area is 243 Å². The molecule has 43 heavy (non-hydrogen) atoms. The van der Waals surface area contributed by atoms with Crippen LogP contribution in [0.2, 0.25) is 0 Å². The number of nitrogens with zero attached hydrogens (tertiary/aromatic N) is 5. The predicted octanol–water partition coefficient (Wildman–Crippen LogP) is -4.70. The molecule has 0 spiro atoms. The number of H-pyrrole nitrogens is 1. The van der Waals surface area contributed by atoms with Crippen LogP contribution in [0.15, 0.2) is 34.5 Å². The Kier molecular flexibility index (Phi) is 8.97. The highest BCUT2D eigenvalue weighted by Crippen LogP contribution is 2.56. The Morgan fingerprint density at radius 2 is 1.58 bits per heavy atom. The van der Waals surface area contributed by atoms with Crippen LogP contribution in [0.4, 0.5) is 5.82 Å². The van der Waals surface area contributed by atoms with Crippen molar-refractivity contribution < 1.29 is 57.6 Å². The second-order valence-electron chi connectivity index (χ2n) is 9.26. The fourth-order valence-electron chi connectivity index (χ4n) is 4.38. The summed E-state index contributed by atoms with van der Waals surface area (Å²) in [5, 5.41) is 41.4. The molecule has 10 atom stereocenters. The Balaban J connectivity index is 1.16. The number of aromatic nitrogens is 6. The lowest BCUT2D eigenvalue weighted by Gasteiger charge is -2.35. The highest BCUT2D eigenvalue weighted by atomic mass is 32.5. The van der Waals surface area contributed by atoms with Crippen molar-refractivity contribution in [2.24, 2.45) is 0 Å². The number of rotatable bonds is 10. The van der Waals surface area contributed by atoms with Crippen LogP contribution >= 0.6 is 14.5 Å². The van der Waals surface area contributed by atoms with Crippen molar-refractivity contribution in [3.8, 4) is 0 Å². The van der Waals surface area contributed by atoms with Crippen molar-refractivity contribution in [3.63, 3.8) is 0 Å². The van der Waals surface area contributed by atoms with Crippen molar-refractivity contribution in [1.82, 2.24) is 29.1 Å². The van der Waals surface area contributed by atoms with Crippen LogP contribution in [0.5, 0.6) is 0 Å². The number of phosphoric acid groups is 1. The summed E-state index contributed by atoms with van der Waals surface area (Å²) in [6.07, 6.45) is -9.00. The van der Waals surface area contributed by atoms with E-state index in [1.807, 2.05) is 4.98 Å². The van der Waals surface area contributed by atoms with Crippen LogP contribution in [-0.2, 0) is 39.2 Å². The van der Waals surface area contributed by atoms with Crippen LogP contribution in [0.1, 0.15) is 12.5 Å². The summed E-state index contributed by atoms with van der Waals surface area (Å²) < 4.78 is 39.1. The standard InChI is InChI=1S/C19H25N7O14P2S/c20-15-10-16(22-5-21-15)26(6-23-10)18-14(31)11(28)7(39-18)3-36-41(33,34)40-42(35,43)37-4-8-12(29)13(30)17(38-8)25-2-1-9(27)24-19(25)32/h1-2,5-8,11-14,17-18,28-31H,3-4H2,(H,33,34)(H,35,43)(H2,20,21,22)(H,24,27,32)/p-2/t7-,8-,11-,12-,13-,14-,17-,18-,42?/m1/s1. The van der Waals surface area contributed by atoms with Gasteiger partial charge in [0, 0.05) is 12.3 Å². The van der Waals surface area contributed by atoms with Crippen molar-refractivity contribution in [2.45, 2.75) is 49.1 Å². The van der Waals surface area contributed by atoms with Crippen LogP contribution in [0, 0.1) is 0 Å². The number of fused-ring (bicyclic) bond motifs is 1. The number of phosphoric ester groups is 1. The lowest BCUT2D eigenvalue weighted by atomic mass is 10.1. The summed E-state index contributed by atoms with van der Waals surface area (Å²) in [6, 6.07) is 0.964. The molecule has 21 nitrogen and oxygen atoms in total. The number of hydrogen-bond acceptors (Lipinski definition) is 19. The van der Waals surface area contributed by atoms with E-state index in [-0.39, 0.29) is 17.0 Å². The number of aliphatic hydroxyl groups excluding tert-OH is 4. The van der Waals surface area contributed by atoms with Gasteiger partial charge in [-0.1, -0.05) is 11.8 Å². The van der Waals surface area contributed by atoms with Gasteiger partial charge in [0.25, 0.3) is 13.4 Å². The Hall–Kier alpha value is -2.53. The molecule has 0 aromatic carbocycles. The summed E-state index contributed by atoms with van der Waals surface area (Å²) >= 11 is 4.58. The molecule has 2 aliphatic rings. The van der Waals surface area contributed by atoms with Gasteiger partial charge in [-0.25, -0.2) is 19.7 Å². The molecule has 2 unspecified atom stereocenters. The van der Waals surface area contributed by atoms with Crippen LogP contribution in [0.25, 0.3) is 11.2 Å². The van der Waals surface area contributed by atoms with Gasteiger partial charge < -0.3 is 54.5 Å². The lowest BCUT2D eigenvalue weighted by molar-refractivity contribution is -0.237. The molecule has 0 bridgehead atoms. The molecule has 3 aromatic heterocycles. The van der Waals surface area contributed by atoms with Gasteiger partial charge in [0.05, 0.1) is 19.5 Å². The van der Waals surface area contributed by atoms with E-state index in [0.717, 1.165) is 23.2 Å². The first-order valence-corrected chi connectivity index (χ1v) is 16.1. The van der Waals surface area contributed by atoms with Gasteiger partial charge in [0.15, 0.2) is 23.9 Å². The Bertz CT molecular complexity index is 1700. The van der Waals surface area contributed by atoms with E-state index in [0.29, 0.717) is 0 Å². The number of nitrogens with one attached hydrogen (secondary N) is 1. The van der Waals surface area contributed by atoms with Gasteiger partial charge in [-0.05, 0) is 0 Å². The monoisotopic (exact) mass is 667 g/mol. The molecule has 0 amide bonds. The average molecular weight is 667 g/mol. The maximum Gasteiger partial charge on any atom is 0.330 e. The van der Waals surface area contributed by atoms with Gasteiger partial charge in [-0.3, -0.25) is 27.8 Å². The summed E-state index contributed by atoms with van der Waals surface area (Å²) in [5.74, 6) is 0.0471. The van der Waals surface area contributed by atoms with Crippen LogP contribution in [-0.4, -0.2) is 99.3 Å². The topological polar surface area (TPSA) is 315 Å². The maximum absolute atomic E-state index is 12.6. The average Bonchev–Trinajstić information content (AvgIpc) is 3.57. The quantitative estimate of drug-likeness (QED) is 0.111. The zero-order valence-corrected chi connectivity index (χ0v) is 23.9. The molecule has 2 fully saturated rings. The smallest absolute Gasteiger partial charge is 0.330 e. The number of hydrogen-bond donors (Lipinski definition) is 6. The summed E-state index contributed by atoms with van der Waals surface area (Å²) in [7, 11) is -5.50. The van der Waals surface area contributed by atoms with E-state index in [4.69, 9.17) is 19.7 Å². The number of aromatic amines is 1. The van der Waals surface area contributed by atoms with Crippen molar-refractivity contribution in [2.75, 3.05) is 18.9 Å². The molecule has 2 saturated heterocycles. The molecule has 5 rings (SSSR count). The summed E-state index contributed by atoms with van der Waals surface area (Å²) in [6.45, 7) is -6.67. The van der Waals surface area contributed by atoms with Crippen LogP contribution < -0.4 is 26.8 Å². The minimum absolute atomic E-state index is 0.0471. The minimum atomic E-state index is -5.50. The maximum atomic E-state index is 12.6. The first-order chi connectivity index (χ1) is 20.2. The Morgan fingerprint density at radius 1 is 0.977 bits per heavy atom. The van der Waals surface area contributed by atoms with E-state index in [2.05, 4.69) is 35.6 Å². The molecule has 24 heteroatoms. The van der Waals surface area contributed by atoms with Gasteiger partial charge in [-0.2, -0.15) is 0 Å². The summed E-state index contributed by atoms with van der Waals surface area (Å²) in [5.41, 5.74) is 4.41. The van der Waals surface area contributed by atoms with E-state index in [1.165, 1.54) is 10.9 Å². The normalized spacial score (nSPS) is 32.1. The second-order valence-corrected chi connectivity index (χ2v) is 13.6. The number of imidazole rings is 1. The molecule has 236 valence electrons. The molecule has 0 saturated carbocycles. The number of nitrogens with two attached hydrogens (primary N) is 1. The fraction of sp³-hybridized carbons (Fsp3) is 0.526. The number of anilines is 1. The van der Waals surface area contributed by atoms with E-state index in [1.54, 1.807) is 0 Å².